The van der Waals surface area contributed by atoms with Crippen LogP contribution in [0.1, 0.15) is 55.8 Å². The summed E-state index contributed by atoms with van der Waals surface area (Å²) in [6, 6.07) is 3.65. The summed E-state index contributed by atoms with van der Waals surface area (Å²) in [6.45, 7) is 5.69. The summed E-state index contributed by atoms with van der Waals surface area (Å²) in [5.74, 6) is 0.567. The number of aliphatic hydroxyl groups excluding tert-OH is 1. The number of hydrogen-bond acceptors (Lipinski definition) is 5. The first-order valence-electron chi connectivity index (χ1n) is 7.83. The van der Waals surface area contributed by atoms with Gasteiger partial charge in [-0.05, 0) is 44.9 Å². The highest BCUT2D eigenvalue weighted by atomic mass is 16.5. The standard InChI is InChI=1S/C16H25NO4/c1-3-14(18)13-7-5-6-10-17(13)11-12-8-9-15(21-12)16(19)20-4-2/h8-9,13-14,18H,3-7,10-11H2,1-2H3. The molecule has 1 fully saturated rings. The number of aliphatic hydroxyl groups is 1. The second kappa shape index (κ2) is 7.61. The van der Waals surface area contributed by atoms with Crippen LogP contribution in [0.3, 0.4) is 0 Å². The van der Waals surface area contributed by atoms with Gasteiger partial charge in [0.15, 0.2) is 0 Å². The molecule has 118 valence electrons. The van der Waals surface area contributed by atoms with Crippen molar-refractivity contribution in [1.82, 2.24) is 4.90 Å². The lowest BCUT2D eigenvalue weighted by Crippen LogP contribution is -2.45. The molecule has 1 aliphatic heterocycles. The monoisotopic (exact) mass is 295 g/mol. The molecular weight excluding hydrogens is 270 g/mol. The predicted molar refractivity (Wildman–Crippen MR) is 79.0 cm³/mol. The molecule has 21 heavy (non-hydrogen) atoms. The van der Waals surface area contributed by atoms with E-state index in [4.69, 9.17) is 9.15 Å². The fourth-order valence-corrected chi connectivity index (χ4v) is 2.90. The smallest absolute Gasteiger partial charge is 0.374 e. The Morgan fingerprint density at radius 2 is 2.29 bits per heavy atom. The normalized spacial score (nSPS) is 21.2. The van der Waals surface area contributed by atoms with Gasteiger partial charge in [-0.3, -0.25) is 4.90 Å². The number of esters is 1. The maximum absolute atomic E-state index is 11.6. The zero-order valence-corrected chi connectivity index (χ0v) is 12.9. The Balaban J connectivity index is 2.00. The molecule has 2 heterocycles. The van der Waals surface area contributed by atoms with Crippen LogP contribution < -0.4 is 0 Å². The average molecular weight is 295 g/mol. The van der Waals surface area contributed by atoms with Crippen LogP contribution in [0.2, 0.25) is 0 Å². The molecule has 1 aliphatic rings. The van der Waals surface area contributed by atoms with Crippen LogP contribution in [0.15, 0.2) is 16.5 Å². The van der Waals surface area contributed by atoms with Crippen LogP contribution in [-0.4, -0.2) is 41.3 Å². The zero-order chi connectivity index (χ0) is 15.2. The van der Waals surface area contributed by atoms with E-state index in [1.54, 1.807) is 13.0 Å². The lowest BCUT2D eigenvalue weighted by molar-refractivity contribution is 0.0157. The second-order valence-corrected chi connectivity index (χ2v) is 5.50. The van der Waals surface area contributed by atoms with Crippen molar-refractivity contribution >= 4 is 5.97 Å². The van der Waals surface area contributed by atoms with Gasteiger partial charge in [0.05, 0.1) is 19.3 Å². The molecule has 5 nitrogen and oxygen atoms in total. The molecule has 5 heteroatoms. The van der Waals surface area contributed by atoms with E-state index in [2.05, 4.69) is 4.90 Å². The largest absolute Gasteiger partial charge is 0.460 e. The van der Waals surface area contributed by atoms with Crippen molar-refractivity contribution in [2.24, 2.45) is 0 Å². The fraction of sp³-hybridized carbons (Fsp3) is 0.688. The molecule has 0 amide bonds. The maximum Gasteiger partial charge on any atom is 0.374 e. The number of piperidine rings is 1. The van der Waals surface area contributed by atoms with Crippen molar-refractivity contribution in [3.8, 4) is 0 Å². The van der Waals surface area contributed by atoms with E-state index < -0.39 is 5.97 Å². The second-order valence-electron chi connectivity index (χ2n) is 5.50. The number of carbonyl (C=O) groups is 1. The van der Waals surface area contributed by atoms with E-state index in [9.17, 15) is 9.90 Å². The average Bonchev–Trinajstić information content (AvgIpc) is 2.96. The van der Waals surface area contributed by atoms with Crippen LogP contribution >= 0.6 is 0 Å². The molecule has 0 bridgehead atoms. The summed E-state index contributed by atoms with van der Waals surface area (Å²) in [5, 5.41) is 10.1. The molecule has 1 aromatic rings. The predicted octanol–water partition coefficient (Wildman–Crippen LogP) is 2.58. The Hall–Kier alpha value is -1.33. The minimum Gasteiger partial charge on any atom is -0.460 e. The van der Waals surface area contributed by atoms with E-state index in [1.165, 1.54) is 0 Å². The third-order valence-electron chi connectivity index (χ3n) is 4.02. The third-order valence-corrected chi connectivity index (χ3v) is 4.02. The number of furan rings is 1. The molecular formula is C16H25NO4. The molecule has 2 unspecified atom stereocenters. The SMILES string of the molecule is CCOC(=O)c1ccc(CN2CCCCC2C(O)CC)o1. The lowest BCUT2D eigenvalue weighted by atomic mass is 9.96. The van der Waals surface area contributed by atoms with Gasteiger partial charge in [0.2, 0.25) is 5.76 Å². The van der Waals surface area contributed by atoms with E-state index in [1.807, 2.05) is 13.0 Å². The van der Waals surface area contributed by atoms with Crippen molar-refractivity contribution in [3.63, 3.8) is 0 Å². The number of likely N-dealkylation sites (tertiary alicyclic amines) is 1. The number of carbonyl (C=O) groups excluding carboxylic acids is 1. The highest BCUT2D eigenvalue weighted by Crippen LogP contribution is 2.24. The molecule has 1 N–H and O–H groups in total. The van der Waals surface area contributed by atoms with Gasteiger partial charge in [-0.25, -0.2) is 4.79 Å². The Bertz CT molecular complexity index is 457. The molecule has 0 aromatic carbocycles. The zero-order valence-electron chi connectivity index (χ0n) is 12.9. The summed E-state index contributed by atoms with van der Waals surface area (Å²) in [6.07, 6.45) is 3.77. The van der Waals surface area contributed by atoms with Crippen molar-refractivity contribution < 1.29 is 19.1 Å². The van der Waals surface area contributed by atoms with Crippen molar-refractivity contribution in [2.45, 2.75) is 58.2 Å². The molecule has 0 saturated carbocycles. The van der Waals surface area contributed by atoms with Gasteiger partial charge in [-0.1, -0.05) is 13.3 Å². The Kier molecular flexibility index (Phi) is 5.82. The Morgan fingerprint density at radius 1 is 1.48 bits per heavy atom. The van der Waals surface area contributed by atoms with E-state index in [-0.39, 0.29) is 17.9 Å². The summed E-state index contributed by atoms with van der Waals surface area (Å²) in [4.78, 5) is 13.9. The van der Waals surface area contributed by atoms with Crippen LogP contribution in [0.25, 0.3) is 0 Å². The summed E-state index contributed by atoms with van der Waals surface area (Å²) in [7, 11) is 0. The summed E-state index contributed by atoms with van der Waals surface area (Å²) >= 11 is 0. The number of rotatable bonds is 6. The molecule has 0 aliphatic carbocycles. The lowest BCUT2D eigenvalue weighted by Gasteiger charge is -2.37. The summed E-state index contributed by atoms with van der Waals surface area (Å²) < 4.78 is 10.5. The number of ether oxygens (including phenoxy) is 1. The quantitative estimate of drug-likeness (QED) is 0.817. The first-order valence-corrected chi connectivity index (χ1v) is 7.83. The first-order chi connectivity index (χ1) is 10.2. The Morgan fingerprint density at radius 3 is 3.00 bits per heavy atom. The van der Waals surface area contributed by atoms with Crippen molar-refractivity contribution in [3.05, 3.63) is 23.7 Å². The van der Waals surface area contributed by atoms with Crippen LogP contribution in [0, 0.1) is 0 Å². The molecule has 2 rings (SSSR count). The number of hydrogen-bond donors (Lipinski definition) is 1. The van der Waals surface area contributed by atoms with Gasteiger partial charge in [-0.15, -0.1) is 0 Å². The third kappa shape index (κ3) is 4.08. The van der Waals surface area contributed by atoms with Crippen molar-refractivity contribution in [1.29, 1.82) is 0 Å². The molecule has 1 aromatic heterocycles. The Labute approximate surface area is 125 Å². The van der Waals surface area contributed by atoms with E-state index in [0.29, 0.717) is 13.2 Å². The van der Waals surface area contributed by atoms with Crippen molar-refractivity contribution in [2.75, 3.05) is 13.2 Å². The minimum absolute atomic E-state index is 0.180. The molecule has 1 saturated heterocycles. The first kappa shape index (κ1) is 16.0. The maximum atomic E-state index is 11.6. The summed E-state index contributed by atoms with van der Waals surface area (Å²) in [5.41, 5.74) is 0. The van der Waals surface area contributed by atoms with Gasteiger partial charge in [0, 0.05) is 6.04 Å². The van der Waals surface area contributed by atoms with Gasteiger partial charge in [0.25, 0.3) is 0 Å². The highest BCUT2D eigenvalue weighted by molar-refractivity contribution is 5.86. The van der Waals surface area contributed by atoms with E-state index in [0.717, 1.165) is 38.0 Å². The fourth-order valence-electron chi connectivity index (χ4n) is 2.90. The minimum atomic E-state index is -0.424. The highest BCUT2D eigenvalue weighted by Gasteiger charge is 2.28. The number of nitrogens with zero attached hydrogens (tertiary/aromatic N) is 1. The van der Waals surface area contributed by atoms with Crippen LogP contribution in [0.4, 0.5) is 0 Å². The van der Waals surface area contributed by atoms with Gasteiger partial charge in [-0.2, -0.15) is 0 Å². The molecule has 0 radical (unpaired) electrons. The topological polar surface area (TPSA) is 62.9 Å². The van der Waals surface area contributed by atoms with Crippen LogP contribution in [-0.2, 0) is 11.3 Å². The van der Waals surface area contributed by atoms with Gasteiger partial charge < -0.3 is 14.3 Å². The van der Waals surface area contributed by atoms with E-state index >= 15 is 0 Å². The van der Waals surface area contributed by atoms with Gasteiger partial charge in [0.1, 0.15) is 5.76 Å². The molecule has 0 spiro atoms. The van der Waals surface area contributed by atoms with Crippen LogP contribution in [0.5, 0.6) is 0 Å². The molecule has 2 atom stereocenters. The van der Waals surface area contributed by atoms with Gasteiger partial charge >= 0.3 is 5.97 Å².